The molecule has 1 aromatic carbocycles. The normalized spacial score (nSPS) is 16.4. The lowest BCUT2D eigenvalue weighted by atomic mass is 9.79. The van der Waals surface area contributed by atoms with Gasteiger partial charge >= 0.3 is 5.97 Å². The summed E-state index contributed by atoms with van der Waals surface area (Å²) in [4.78, 5) is 26.8. The molecule has 0 amide bonds. The Bertz CT molecular complexity index is 1650. The van der Waals surface area contributed by atoms with Gasteiger partial charge in [-0.3, -0.25) is 0 Å². The number of thiazole rings is 1. The topological polar surface area (TPSA) is 97.2 Å². The Hall–Kier alpha value is -3.84. The summed E-state index contributed by atoms with van der Waals surface area (Å²) in [7, 11) is -0.116. The zero-order chi connectivity index (χ0) is 28.5. The number of anilines is 2. The Morgan fingerprint density at radius 3 is 2.73 bits per heavy atom. The number of hydrogen-bond acceptors (Lipinski definition) is 8. The van der Waals surface area contributed by atoms with E-state index in [9.17, 15) is 9.90 Å². The summed E-state index contributed by atoms with van der Waals surface area (Å²) in [6, 6.07) is 13.2. The lowest BCUT2D eigenvalue weighted by Gasteiger charge is -2.33. The first-order chi connectivity index (χ1) is 19.0. The summed E-state index contributed by atoms with van der Waals surface area (Å²) >= 11 is 1.43. The van der Waals surface area contributed by atoms with Crippen LogP contribution in [-0.4, -0.2) is 41.2 Å². The largest absolute Gasteiger partial charge is 0.465 e. The van der Waals surface area contributed by atoms with Gasteiger partial charge in [0.15, 0.2) is 0 Å². The number of rotatable bonds is 5. The summed E-state index contributed by atoms with van der Waals surface area (Å²) in [5.74, 6) is 4.24. The number of nitrogens with one attached hydrogen (secondary N) is 1. The molecule has 3 aromatic heterocycles. The second-order valence-corrected chi connectivity index (χ2v) is 16.9. The maximum Gasteiger partial charge on any atom is 0.337 e. The molecule has 0 radical (unpaired) electrons. The van der Waals surface area contributed by atoms with Crippen LogP contribution in [0, 0.1) is 18.4 Å². The molecular formula is C31H32N4O3SSi. The van der Waals surface area contributed by atoms with E-state index in [0.717, 1.165) is 45.7 Å². The van der Waals surface area contributed by atoms with E-state index in [0.29, 0.717) is 28.6 Å². The van der Waals surface area contributed by atoms with E-state index in [2.05, 4.69) is 46.4 Å². The van der Waals surface area contributed by atoms with E-state index in [1.165, 1.54) is 18.4 Å². The van der Waals surface area contributed by atoms with Gasteiger partial charge in [-0.1, -0.05) is 31.6 Å². The van der Waals surface area contributed by atoms with Gasteiger partial charge in [0, 0.05) is 18.0 Å². The molecule has 0 spiro atoms. The maximum absolute atomic E-state index is 12.0. The standard InChI is InChI=1S/C31H32N4O3SSi/c1-20-15-25(34-28(16-20)35-27-17-21(10-13-32-27)11-14-40(3,4)5)26-19-33-30(39-26)31(37)12-6-7-22-18-23(29(36)38-2)8-9-24(22)31/h8-10,13,15-19,37H,6-7,12H2,1-5H3,(H,32,34,35). The Balaban J connectivity index is 1.42. The second kappa shape index (κ2) is 11.0. The maximum atomic E-state index is 12.0. The van der Waals surface area contributed by atoms with Crippen LogP contribution < -0.4 is 5.32 Å². The van der Waals surface area contributed by atoms with E-state index in [1.54, 1.807) is 18.5 Å². The summed E-state index contributed by atoms with van der Waals surface area (Å²) in [6.07, 6.45) is 5.65. The Morgan fingerprint density at radius 1 is 1.12 bits per heavy atom. The fourth-order valence-electron chi connectivity index (χ4n) is 4.75. The van der Waals surface area contributed by atoms with Crippen molar-refractivity contribution in [2.75, 3.05) is 12.4 Å². The average Bonchev–Trinajstić information content (AvgIpc) is 3.42. The molecule has 1 atom stereocenters. The number of benzene rings is 1. The number of esters is 1. The number of ether oxygens (including phenoxy) is 1. The lowest BCUT2D eigenvalue weighted by molar-refractivity contribution is 0.0583. The first-order valence-electron chi connectivity index (χ1n) is 13.2. The number of fused-ring (bicyclic) bond motifs is 1. The zero-order valence-corrected chi connectivity index (χ0v) is 25.1. The quantitative estimate of drug-likeness (QED) is 0.167. The first kappa shape index (κ1) is 27.7. The van der Waals surface area contributed by atoms with Crippen LogP contribution in [0.4, 0.5) is 11.6 Å². The molecule has 0 fully saturated rings. The van der Waals surface area contributed by atoms with Gasteiger partial charge in [0.25, 0.3) is 0 Å². The SMILES string of the molecule is COC(=O)c1ccc2c(c1)CCCC2(O)c1ncc(-c2cc(C)cc(Nc3cc(C#C[Si](C)(C)C)ccn3)n2)s1. The third-order valence-corrected chi connectivity index (χ3v) is 8.68. The van der Waals surface area contributed by atoms with Crippen molar-refractivity contribution in [2.45, 2.75) is 51.4 Å². The summed E-state index contributed by atoms with van der Waals surface area (Å²) in [6.45, 7) is 8.67. The lowest BCUT2D eigenvalue weighted by Crippen LogP contribution is -2.32. The minimum atomic E-state index is -1.48. The predicted molar refractivity (Wildman–Crippen MR) is 162 cm³/mol. The highest BCUT2D eigenvalue weighted by atomic mass is 32.1. The molecule has 7 nitrogen and oxygen atoms in total. The van der Waals surface area contributed by atoms with Crippen molar-refractivity contribution in [1.82, 2.24) is 15.0 Å². The summed E-state index contributed by atoms with van der Waals surface area (Å²) in [5.41, 5.74) is 7.10. The minimum absolute atomic E-state index is 0.384. The van der Waals surface area contributed by atoms with Gasteiger partial charge < -0.3 is 15.2 Å². The molecule has 0 aliphatic heterocycles. The van der Waals surface area contributed by atoms with Crippen LogP contribution in [0.15, 0.2) is 54.9 Å². The molecule has 3 heterocycles. The average molecular weight is 569 g/mol. The van der Waals surface area contributed by atoms with Crippen molar-refractivity contribution in [2.24, 2.45) is 0 Å². The molecule has 1 unspecified atom stereocenters. The van der Waals surface area contributed by atoms with E-state index in [-0.39, 0.29) is 5.97 Å². The highest BCUT2D eigenvalue weighted by Gasteiger charge is 2.39. The minimum Gasteiger partial charge on any atom is -0.465 e. The monoisotopic (exact) mass is 568 g/mol. The third-order valence-electron chi connectivity index (χ3n) is 6.64. The number of hydrogen-bond donors (Lipinski definition) is 2. The molecular weight excluding hydrogens is 537 g/mol. The van der Waals surface area contributed by atoms with E-state index >= 15 is 0 Å². The van der Waals surface area contributed by atoms with Crippen LogP contribution in [0.25, 0.3) is 10.6 Å². The summed E-state index contributed by atoms with van der Waals surface area (Å²) in [5, 5.41) is 15.8. The number of carbonyl (C=O) groups is 1. The van der Waals surface area contributed by atoms with Gasteiger partial charge in [0.05, 0.1) is 23.2 Å². The van der Waals surface area contributed by atoms with Crippen molar-refractivity contribution < 1.29 is 14.6 Å². The first-order valence-corrected chi connectivity index (χ1v) is 17.5. The molecule has 1 aliphatic rings. The highest BCUT2D eigenvalue weighted by Crippen LogP contribution is 2.43. The van der Waals surface area contributed by atoms with Crippen LogP contribution in [0.5, 0.6) is 0 Å². The number of methoxy groups -OCH3 is 1. The van der Waals surface area contributed by atoms with Gasteiger partial charge in [-0.25, -0.2) is 19.7 Å². The molecule has 0 bridgehead atoms. The van der Waals surface area contributed by atoms with Crippen LogP contribution >= 0.6 is 11.3 Å². The van der Waals surface area contributed by atoms with Crippen molar-refractivity contribution in [1.29, 1.82) is 0 Å². The number of nitrogens with zero attached hydrogens (tertiary/aromatic N) is 3. The Kier molecular flexibility index (Phi) is 7.60. The van der Waals surface area contributed by atoms with Crippen molar-refractivity contribution >= 4 is 37.0 Å². The van der Waals surface area contributed by atoms with Crippen molar-refractivity contribution in [3.8, 4) is 22.0 Å². The van der Waals surface area contributed by atoms with Gasteiger partial charge in [-0.2, -0.15) is 0 Å². The fraction of sp³-hybridized carbons (Fsp3) is 0.290. The van der Waals surface area contributed by atoms with E-state index < -0.39 is 13.7 Å². The molecule has 0 saturated carbocycles. The fourth-order valence-corrected chi connectivity index (χ4v) is 6.28. The highest BCUT2D eigenvalue weighted by molar-refractivity contribution is 7.15. The van der Waals surface area contributed by atoms with E-state index in [4.69, 9.17) is 9.72 Å². The number of aromatic nitrogens is 3. The molecule has 40 heavy (non-hydrogen) atoms. The molecule has 4 aromatic rings. The van der Waals surface area contributed by atoms with Crippen LogP contribution in [0.3, 0.4) is 0 Å². The third kappa shape index (κ3) is 5.99. The number of aryl methyl sites for hydroxylation is 2. The van der Waals surface area contributed by atoms with Crippen molar-refractivity contribution in [3.63, 3.8) is 0 Å². The number of aliphatic hydroxyl groups is 1. The van der Waals surface area contributed by atoms with Gasteiger partial charge in [0.1, 0.15) is 30.3 Å². The van der Waals surface area contributed by atoms with E-state index in [1.807, 2.05) is 43.3 Å². The molecule has 9 heteroatoms. The molecule has 1 aliphatic carbocycles. The van der Waals surface area contributed by atoms with Gasteiger partial charge in [-0.05, 0) is 79.3 Å². The predicted octanol–water partition coefficient (Wildman–Crippen LogP) is 6.24. The van der Waals surface area contributed by atoms with Crippen molar-refractivity contribution in [3.05, 3.63) is 87.7 Å². The molecule has 5 rings (SSSR count). The second-order valence-electron chi connectivity index (χ2n) is 11.1. The molecule has 204 valence electrons. The number of pyridine rings is 2. The van der Waals surface area contributed by atoms with Crippen LogP contribution in [-0.2, 0) is 16.8 Å². The molecule has 0 saturated heterocycles. The zero-order valence-electron chi connectivity index (χ0n) is 23.3. The van der Waals surface area contributed by atoms with Gasteiger partial charge in [0.2, 0.25) is 0 Å². The number of carbonyl (C=O) groups excluding carboxylic acids is 1. The van der Waals surface area contributed by atoms with Crippen LogP contribution in [0.2, 0.25) is 19.6 Å². The Labute approximate surface area is 239 Å². The van der Waals surface area contributed by atoms with Crippen LogP contribution in [0.1, 0.15) is 50.5 Å². The Morgan fingerprint density at radius 2 is 1.95 bits per heavy atom. The molecule has 2 N–H and O–H groups in total. The summed E-state index contributed by atoms with van der Waals surface area (Å²) < 4.78 is 4.87. The smallest absolute Gasteiger partial charge is 0.337 e. The van der Waals surface area contributed by atoms with Gasteiger partial charge in [-0.15, -0.1) is 16.9 Å².